The summed E-state index contributed by atoms with van der Waals surface area (Å²) in [5, 5.41) is 17.1. The molecule has 15 heavy (non-hydrogen) atoms. The molecule has 3 nitrogen and oxygen atoms in total. The second-order valence-electron chi connectivity index (χ2n) is 2.64. The molecular weight excluding hydrogens is 195 g/mol. The first kappa shape index (κ1) is 10.7. The Morgan fingerprint density at radius 2 is 2.07 bits per heavy atom. The number of halogens is 1. The lowest BCUT2D eigenvalue weighted by molar-refractivity contribution is 0.385. The van der Waals surface area contributed by atoms with Gasteiger partial charge in [0.1, 0.15) is 17.7 Å². The van der Waals surface area contributed by atoms with Gasteiger partial charge in [0.05, 0.1) is 7.11 Å². The third kappa shape index (κ3) is 2.32. The van der Waals surface area contributed by atoms with Crippen molar-refractivity contribution in [1.29, 1.82) is 10.5 Å². The molecule has 0 atom stereocenters. The molecule has 0 aromatic heterocycles. The van der Waals surface area contributed by atoms with Gasteiger partial charge < -0.3 is 4.74 Å². The van der Waals surface area contributed by atoms with Crippen LogP contribution in [0.4, 0.5) is 4.39 Å². The van der Waals surface area contributed by atoms with E-state index in [1.165, 1.54) is 25.3 Å². The van der Waals surface area contributed by atoms with E-state index in [-0.39, 0.29) is 11.3 Å². The van der Waals surface area contributed by atoms with Gasteiger partial charge in [-0.15, -0.1) is 0 Å². The van der Waals surface area contributed by atoms with Gasteiger partial charge in [0.25, 0.3) is 0 Å². The lowest BCUT2D eigenvalue weighted by Crippen LogP contribution is -1.91. The van der Waals surface area contributed by atoms with Gasteiger partial charge in [0.2, 0.25) is 0 Å². The first-order valence-electron chi connectivity index (χ1n) is 4.07. The number of hydrogen-bond donors (Lipinski definition) is 0. The Labute approximate surface area is 86.6 Å². The van der Waals surface area contributed by atoms with Crippen molar-refractivity contribution in [2.45, 2.75) is 0 Å². The summed E-state index contributed by atoms with van der Waals surface area (Å²) in [4.78, 5) is 0. The summed E-state index contributed by atoms with van der Waals surface area (Å²) in [6, 6.07) is 7.68. The molecule has 0 fully saturated rings. The molecule has 1 aromatic carbocycles. The normalized spacial score (nSPS) is 8.53. The zero-order valence-corrected chi connectivity index (χ0v) is 7.99. The van der Waals surface area contributed by atoms with E-state index in [9.17, 15) is 4.39 Å². The molecule has 0 aliphatic rings. The van der Waals surface area contributed by atoms with Gasteiger partial charge in [-0.05, 0) is 12.1 Å². The third-order valence-electron chi connectivity index (χ3n) is 1.74. The van der Waals surface area contributed by atoms with E-state index in [1.54, 1.807) is 18.2 Å². The summed E-state index contributed by atoms with van der Waals surface area (Å²) >= 11 is 0. The molecule has 0 spiro atoms. The van der Waals surface area contributed by atoms with E-state index in [0.29, 0.717) is 5.56 Å². The van der Waals surface area contributed by atoms with Crippen LogP contribution in [-0.4, -0.2) is 7.11 Å². The van der Waals surface area contributed by atoms with Crippen LogP contribution in [0.15, 0.2) is 23.8 Å². The first-order chi connectivity index (χ1) is 7.22. The van der Waals surface area contributed by atoms with Gasteiger partial charge in [-0.1, -0.05) is 12.1 Å². The van der Waals surface area contributed by atoms with Crippen molar-refractivity contribution < 1.29 is 9.13 Å². The Morgan fingerprint density at radius 3 is 2.60 bits per heavy atom. The summed E-state index contributed by atoms with van der Waals surface area (Å²) < 4.78 is 18.0. The maximum atomic E-state index is 13.2. The molecule has 0 aliphatic heterocycles. The fourth-order valence-electron chi connectivity index (χ4n) is 1.10. The Morgan fingerprint density at radius 1 is 1.40 bits per heavy atom. The van der Waals surface area contributed by atoms with Gasteiger partial charge in [-0.3, -0.25) is 0 Å². The molecule has 1 aromatic rings. The predicted octanol–water partition coefficient (Wildman–Crippen LogP) is 2.26. The van der Waals surface area contributed by atoms with Gasteiger partial charge in [0.15, 0.2) is 11.6 Å². The number of rotatable bonds is 2. The second-order valence-corrected chi connectivity index (χ2v) is 2.64. The van der Waals surface area contributed by atoms with E-state index < -0.39 is 5.82 Å². The van der Waals surface area contributed by atoms with E-state index in [0.717, 1.165) is 0 Å². The number of benzene rings is 1. The smallest absolute Gasteiger partial charge is 0.165 e. The largest absolute Gasteiger partial charge is 0.493 e. The van der Waals surface area contributed by atoms with E-state index >= 15 is 0 Å². The summed E-state index contributed by atoms with van der Waals surface area (Å²) in [5.41, 5.74) is 0.273. The summed E-state index contributed by atoms with van der Waals surface area (Å²) in [7, 11) is 1.33. The highest BCUT2D eigenvalue weighted by Gasteiger charge is 2.07. The minimum Gasteiger partial charge on any atom is -0.493 e. The van der Waals surface area contributed by atoms with E-state index in [2.05, 4.69) is 0 Å². The van der Waals surface area contributed by atoms with Crippen molar-refractivity contribution in [2.24, 2.45) is 0 Å². The Bertz CT molecular complexity index is 464. The van der Waals surface area contributed by atoms with Gasteiger partial charge in [-0.25, -0.2) is 4.39 Å². The molecule has 0 N–H and O–H groups in total. The molecule has 0 radical (unpaired) electrons. The lowest BCUT2D eigenvalue weighted by atomic mass is 10.1. The topological polar surface area (TPSA) is 56.8 Å². The Kier molecular flexibility index (Phi) is 3.43. The molecule has 1 rings (SSSR count). The van der Waals surface area contributed by atoms with Crippen LogP contribution in [-0.2, 0) is 0 Å². The van der Waals surface area contributed by atoms with Crippen molar-refractivity contribution >= 4 is 6.08 Å². The average Bonchev–Trinajstić information content (AvgIpc) is 2.26. The molecule has 0 unspecified atom stereocenters. The number of methoxy groups -OCH3 is 1. The van der Waals surface area contributed by atoms with Gasteiger partial charge >= 0.3 is 0 Å². The van der Waals surface area contributed by atoms with Crippen molar-refractivity contribution in [3.8, 4) is 17.9 Å². The van der Waals surface area contributed by atoms with Crippen LogP contribution in [0.3, 0.4) is 0 Å². The standard InChI is InChI=1S/C11H7FN2O/c1-15-11-9(3-2-4-10(11)12)5-8(6-13)7-14/h2-5H,1H3. The summed E-state index contributed by atoms with van der Waals surface area (Å²) in [6.07, 6.45) is 1.28. The minimum atomic E-state index is -0.526. The molecule has 0 saturated heterocycles. The number of ether oxygens (including phenoxy) is 1. The molecule has 0 aliphatic carbocycles. The van der Waals surface area contributed by atoms with E-state index in [4.69, 9.17) is 15.3 Å². The van der Waals surface area contributed by atoms with Crippen LogP contribution in [0.5, 0.6) is 5.75 Å². The highest BCUT2D eigenvalue weighted by atomic mass is 19.1. The monoisotopic (exact) mass is 202 g/mol. The van der Waals surface area contributed by atoms with Crippen molar-refractivity contribution in [2.75, 3.05) is 7.11 Å². The molecule has 0 heterocycles. The highest BCUT2D eigenvalue weighted by Crippen LogP contribution is 2.24. The van der Waals surface area contributed by atoms with Gasteiger partial charge in [0, 0.05) is 5.56 Å². The number of allylic oxidation sites excluding steroid dienone is 1. The Balaban J connectivity index is 3.29. The quantitative estimate of drug-likeness (QED) is 0.691. The number of nitrogens with zero attached hydrogens (tertiary/aromatic N) is 2. The number of hydrogen-bond acceptors (Lipinski definition) is 3. The highest BCUT2D eigenvalue weighted by molar-refractivity contribution is 5.66. The molecule has 0 saturated carbocycles. The molecule has 0 amide bonds. The zero-order valence-electron chi connectivity index (χ0n) is 7.99. The van der Waals surface area contributed by atoms with Crippen LogP contribution in [0.2, 0.25) is 0 Å². The fourth-order valence-corrected chi connectivity index (χ4v) is 1.10. The number of para-hydroxylation sites is 1. The van der Waals surface area contributed by atoms with Crippen LogP contribution in [0.25, 0.3) is 6.08 Å². The second kappa shape index (κ2) is 4.78. The van der Waals surface area contributed by atoms with Crippen LogP contribution in [0, 0.1) is 28.5 Å². The maximum Gasteiger partial charge on any atom is 0.165 e. The maximum absolute atomic E-state index is 13.2. The van der Waals surface area contributed by atoms with Crippen molar-refractivity contribution in [3.63, 3.8) is 0 Å². The Hall–Kier alpha value is -2.33. The third-order valence-corrected chi connectivity index (χ3v) is 1.74. The van der Waals surface area contributed by atoms with Crippen LogP contribution >= 0.6 is 0 Å². The number of nitriles is 2. The lowest BCUT2D eigenvalue weighted by Gasteiger charge is -2.04. The van der Waals surface area contributed by atoms with Crippen LogP contribution in [0.1, 0.15) is 5.56 Å². The minimum absolute atomic E-state index is 0.0282. The van der Waals surface area contributed by atoms with E-state index in [1.807, 2.05) is 0 Å². The predicted molar refractivity (Wildman–Crippen MR) is 52.2 cm³/mol. The summed E-state index contributed by atoms with van der Waals surface area (Å²) in [5.74, 6) is -0.498. The fraction of sp³-hybridized carbons (Fsp3) is 0.0909. The zero-order chi connectivity index (χ0) is 11.3. The first-order valence-corrected chi connectivity index (χ1v) is 4.07. The van der Waals surface area contributed by atoms with Crippen molar-refractivity contribution in [3.05, 3.63) is 35.2 Å². The molecule has 4 heteroatoms. The summed E-state index contributed by atoms with van der Waals surface area (Å²) in [6.45, 7) is 0. The van der Waals surface area contributed by atoms with Crippen molar-refractivity contribution in [1.82, 2.24) is 0 Å². The van der Waals surface area contributed by atoms with Gasteiger partial charge in [-0.2, -0.15) is 10.5 Å². The molecule has 74 valence electrons. The molecule has 0 bridgehead atoms. The molecular formula is C11H7FN2O. The van der Waals surface area contributed by atoms with Crippen LogP contribution < -0.4 is 4.74 Å². The SMILES string of the molecule is COc1c(F)cccc1C=C(C#N)C#N. The average molecular weight is 202 g/mol.